The summed E-state index contributed by atoms with van der Waals surface area (Å²) < 4.78 is 6.25. The van der Waals surface area contributed by atoms with Crippen LogP contribution in [0.15, 0.2) is 24.0 Å². The molecule has 4 atom stereocenters. The molecule has 2 heterocycles. The summed E-state index contributed by atoms with van der Waals surface area (Å²) >= 11 is 0. The molecule has 4 rings (SSSR count). The van der Waals surface area contributed by atoms with Crippen molar-refractivity contribution in [3.8, 4) is 11.5 Å². The molecule has 1 spiro atoms. The molecule has 112 valence electrons. The van der Waals surface area contributed by atoms with E-state index in [0.29, 0.717) is 11.8 Å². The number of benzene rings is 1. The number of hydrogen-bond acceptors (Lipinski definition) is 3. The van der Waals surface area contributed by atoms with E-state index in [1.807, 2.05) is 5.82 Å². The lowest BCUT2D eigenvalue weighted by atomic mass is 9.61. The van der Waals surface area contributed by atoms with Gasteiger partial charge < -0.3 is 14.7 Å². The Balaban J connectivity index is 1.87. The topological polar surface area (TPSA) is 32.7 Å². The van der Waals surface area contributed by atoms with E-state index in [1.54, 1.807) is 6.07 Å². The van der Waals surface area contributed by atoms with Gasteiger partial charge in [0.15, 0.2) is 11.5 Å². The molecule has 0 amide bonds. The van der Waals surface area contributed by atoms with Crippen LogP contribution in [0, 0.1) is 0 Å². The lowest BCUT2D eigenvalue weighted by Gasteiger charge is -2.49. The largest absolute Gasteiger partial charge is 0.504 e. The van der Waals surface area contributed by atoms with Crippen LogP contribution in [0.2, 0.25) is 0 Å². The average Bonchev–Trinajstić information content (AvgIpc) is 2.81. The summed E-state index contributed by atoms with van der Waals surface area (Å²) in [5.41, 5.74) is 2.79. The molecule has 3 nitrogen and oxygen atoms in total. The van der Waals surface area contributed by atoms with E-state index < -0.39 is 0 Å². The summed E-state index contributed by atoms with van der Waals surface area (Å²) in [5, 5.41) is 10.2. The number of hydrogen-bond donors (Lipinski definition) is 1. The van der Waals surface area contributed by atoms with Gasteiger partial charge in [-0.15, -0.1) is 9.24 Å². The Labute approximate surface area is 128 Å². The van der Waals surface area contributed by atoms with Crippen LogP contribution in [0.4, 0.5) is 0 Å². The van der Waals surface area contributed by atoms with E-state index in [9.17, 15) is 5.11 Å². The molecule has 1 N–H and O–H groups in total. The Morgan fingerprint density at radius 1 is 1.52 bits per heavy atom. The van der Waals surface area contributed by atoms with Gasteiger partial charge in [-0.1, -0.05) is 18.0 Å². The molecule has 21 heavy (non-hydrogen) atoms. The van der Waals surface area contributed by atoms with Crippen LogP contribution >= 0.6 is 9.24 Å². The second-order valence-electron chi connectivity index (χ2n) is 6.67. The van der Waals surface area contributed by atoms with Gasteiger partial charge in [0, 0.05) is 23.4 Å². The third-order valence-corrected chi connectivity index (χ3v) is 5.95. The predicted octanol–water partition coefficient (Wildman–Crippen LogP) is 2.82. The lowest BCUT2D eigenvalue weighted by Crippen LogP contribution is -2.55. The third kappa shape index (κ3) is 1.80. The van der Waals surface area contributed by atoms with Crippen molar-refractivity contribution in [3.63, 3.8) is 0 Å². The number of phenols is 1. The van der Waals surface area contributed by atoms with Gasteiger partial charge in [-0.3, -0.25) is 0 Å². The highest BCUT2D eigenvalue weighted by atomic mass is 31.0. The molecule has 0 saturated carbocycles. The van der Waals surface area contributed by atoms with Crippen molar-refractivity contribution >= 4 is 9.24 Å². The lowest BCUT2D eigenvalue weighted by molar-refractivity contribution is 0.0460. The quantitative estimate of drug-likeness (QED) is 0.853. The zero-order chi connectivity index (χ0) is 14.6. The summed E-state index contributed by atoms with van der Waals surface area (Å²) in [6, 6.07) is 4.51. The van der Waals surface area contributed by atoms with Crippen LogP contribution in [0.5, 0.6) is 11.5 Å². The molecule has 1 fully saturated rings. The molecule has 3 aliphatic rings. The van der Waals surface area contributed by atoms with Gasteiger partial charge in [-0.05, 0) is 44.5 Å². The molecule has 1 saturated heterocycles. The maximum atomic E-state index is 10.2. The molecule has 1 aromatic rings. The molecular formula is C17H22NO2P. The highest BCUT2D eigenvalue weighted by Crippen LogP contribution is 2.58. The Kier molecular flexibility index (Phi) is 3.06. The molecule has 0 aromatic heterocycles. The minimum absolute atomic E-state index is 0.100. The molecule has 2 aliphatic heterocycles. The van der Waals surface area contributed by atoms with Crippen LogP contribution in [0.3, 0.4) is 0 Å². The maximum absolute atomic E-state index is 10.2. The number of piperidine rings is 1. The normalized spacial score (nSPS) is 34.0. The highest BCUT2D eigenvalue weighted by Gasteiger charge is 2.56. The van der Waals surface area contributed by atoms with Gasteiger partial charge >= 0.3 is 0 Å². The predicted molar refractivity (Wildman–Crippen MR) is 87.0 cm³/mol. The van der Waals surface area contributed by atoms with E-state index in [1.165, 1.54) is 11.1 Å². The third-order valence-electron chi connectivity index (χ3n) is 5.67. The van der Waals surface area contributed by atoms with Gasteiger partial charge in [0.1, 0.15) is 6.10 Å². The second kappa shape index (κ2) is 4.72. The number of aromatic hydroxyl groups is 1. The van der Waals surface area contributed by atoms with Crippen molar-refractivity contribution in [2.24, 2.45) is 0 Å². The van der Waals surface area contributed by atoms with Gasteiger partial charge in [0.2, 0.25) is 0 Å². The summed E-state index contributed by atoms with van der Waals surface area (Å²) in [4.78, 5) is 2.49. The number of nitrogens with zero attached hydrogens (tertiary/aromatic N) is 1. The zero-order valence-electron chi connectivity index (χ0n) is 12.4. The molecule has 1 aromatic carbocycles. The molecule has 4 heteroatoms. The summed E-state index contributed by atoms with van der Waals surface area (Å²) in [6.07, 6.45) is 6.59. The van der Waals surface area contributed by atoms with Crippen LogP contribution < -0.4 is 4.74 Å². The summed E-state index contributed by atoms with van der Waals surface area (Å²) in [6.45, 7) is 1.11. The van der Waals surface area contributed by atoms with Crippen LogP contribution in [0.1, 0.15) is 30.4 Å². The highest BCUT2D eigenvalue weighted by molar-refractivity contribution is 7.20. The van der Waals surface area contributed by atoms with Gasteiger partial charge in [0.05, 0.1) is 0 Å². The minimum atomic E-state index is 0.100. The number of phenolic OH excluding ortho intramolecular Hbond substituents is 1. The first-order valence-corrected chi connectivity index (χ1v) is 8.41. The molecule has 0 radical (unpaired) electrons. The van der Waals surface area contributed by atoms with E-state index in [-0.39, 0.29) is 11.5 Å². The Morgan fingerprint density at radius 3 is 3.19 bits per heavy atom. The van der Waals surface area contributed by atoms with E-state index in [2.05, 4.69) is 33.3 Å². The zero-order valence-corrected chi connectivity index (χ0v) is 13.5. The Bertz CT molecular complexity index is 615. The average molecular weight is 303 g/mol. The summed E-state index contributed by atoms with van der Waals surface area (Å²) in [5.74, 6) is 3.08. The first-order chi connectivity index (χ1) is 10.2. The van der Waals surface area contributed by atoms with Crippen molar-refractivity contribution in [2.75, 3.05) is 13.6 Å². The van der Waals surface area contributed by atoms with E-state index in [0.717, 1.165) is 38.0 Å². The van der Waals surface area contributed by atoms with Crippen molar-refractivity contribution in [3.05, 3.63) is 35.2 Å². The van der Waals surface area contributed by atoms with Gasteiger partial charge in [0.25, 0.3) is 0 Å². The molecule has 3 unspecified atom stereocenters. The van der Waals surface area contributed by atoms with Crippen molar-refractivity contribution in [1.29, 1.82) is 0 Å². The second-order valence-corrected chi connectivity index (χ2v) is 7.05. The first kappa shape index (κ1) is 13.6. The van der Waals surface area contributed by atoms with Crippen molar-refractivity contribution in [1.82, 2.24) is 4.90 Å². The number of rotatable bonds is 2. The number of fused-ring (bicyclic) bond motifs is 1. The number of likely N-dealkylation sites (tertiary alicyclic amines) is 1. The number of ether oxygens (including phenoxy) is 1. The fourth-order valence-corrected chi connectivity index (χ4v) is 4.73. The monoisotopic (exact) mass is 303 g/mol. The minimum Gasteiger partial charge on any atom is -0.504 e. The first-order valence-electron chi connectivity index (χ1n) is 7.74. The standard InChI is InChI=1S/C17H22NO2P/c1-18-7-6-17-10-12(18)9-11-4-5-13(19)16(15(11)17)20-14(17)3-2-8-21/h2,4-5,8,12,14,19H,3,6-7,9-10,21H2,1H3/b8-2-/t12?,14-,17?/m1/s1. The van der Waals surface area contributed by atoms with Crippen molar-refractivity contribution < 1.29 is 9.84 Å². The van der Waals surface area contributed by atoms with Crippen LogP contribution in [0.25, 0.3) is 0 Å². The van der Waals surface area contributed by atoms with Crippen LogP contribution in [-0.2, 0) is 11.8 Å². The maximum Gasteiger partial charge on any atom is 0.165 e. The molecule has 1 aliphatic carbocycles. The fraction of sp³-hybridized carbons (Fsp3) is 0.529. The molecular weight excluding hydrogens is 281 g/mol. The summed E-state index contributed by atoms with van der Waals surface area (Å²) in [7, 11) is 4.87. The van der Waals surface area contributed by atoms with Gasteiger partial charge in [-0.25, -0.2) is 0 Å². The molecule has 2 bridgehead atoms. The van der Waals surface area contributed by atoms with Gasteiger partial charge in [-0.2, -0.15) is 0 Å². The Hall–Kier alpha value is -1.05. The SMILES string of the molecule is CN1CCC23CC1Cc1ccc(O)c(c12)O[C@@H]3C/C=C\P. The van der Waals surface area contributed by atoms with E-state index >= 15 is 0 Å². The van der Waals surface area contributed by atoms with Crippen molar-refractivity contribution in [2.45, 2.75) is 43.2 Å². The smallest absolute Gasteiger partial charge is 0.165 e. The number of likely N-dealkylation sites (N-methyl/N-ethyl adjacent to an activating group) is 1. The Morgan fingerprint density at radius 2 is 2.38 bits per heavy atom. The van der Waals surface area contributed by atoms with Crippen LogP contribution in [-0.4, -0.2) is 35.7 Å². The fourth-order valence-electron chi connectivity index (χ4n) is 4.58. The van der Waals surface area contributed by atoms with E-state index in [4.69, 9.17) is 4.74 Å².